The molecule has 2 nitrogen and oxygen atoms in total. The summed E-state index contributed by atoms with van der Waals surface area (Å²) in [7, 11) is 2.07. The lowest BCUT2D eigenvalue weighted by atomic mass is 10.3. The molecule has 0 spiro atoms. The molecule has 0 saturated carbocycles. The van der Waals surface area contributed by atoms with Crippen LogP contribution in [0.2, 0.25) is 0 Å². The fraction of sp³-hybridized carbons (Fsp3) is 1.00. The summed E-state index contributed by atoms with van der Waals surface area (Å²) in [6.45, 7) is 8.29. The van der Waals surface area contributed by atoms with E-state index in [9.17, 15) is 0 Å². The van der Waals surface area contributed by atoms with Crippen LogP contribution in [0.5, 0.6) is 0 Å². The molecule has 0 aliphatic carbocycles. The maximum Gasteiger partial charge on any atom is 0.0222 e. The van der Waals surface area contributed by atoms with E-state index in [0.717, 1.165) is 13.1 Å². The quantitative estimate of drug-likeness (QED) is 0.635. The van der Waals surface area contributed by atoms with E-state index in [0.29, 0.717) is 4.75 Å². The van der Waals surface area contributed by atoms with Crippen LogP contribution in [0, 0.1) is 0 Å². The lowest BCUT2D eigenvalue weighted by Gasteiger charge is -2.24. The number of nitrogens with two attached hydrogens (primary N) is 1. The van der Waals surface area contributed by atoms with E-state index in [4.69, 9.17) is 5.73 Å². The molecule has 0 rings (SSSR count). The van der Waals surface area contributed by atoms with Crippen molar-refractivity contribution in [3.63, 3.8) is 0 Å². The Bertz CT molecular complexity index is 88.1. The lowest BCUT2D eigenvalue weighted by Crippen LogP contribution is -2.24. The summed E-state index contributed by atoms with van der Waals surface area (Å²) in [5, 5.41) is 0. The van der Waals surface area contributed by atoms with Gasteiger partial charge in [-0.15, -0.1) is 0 Å². The molecule has 0 atom stereocenters. The zero-order valence-corrected chi connectivity index (χ0v) is 8.16. The van der Waals surface area contributed by atoms with Crippen LogP contribution in [-0.4, -0.2) is 29.2 Å². The summed E-state index contributed by atoms with van der Waals surface area (Å²) < 4.78 is 2.49. The first-order valence-electron chi connectivity index (χ1n) is 3.56. The molecule has 0 aliphatic heterocycles. The minimum atomic E-state index is 0.309. The molecule has 0 amide bonds. The Morgan fingerprint density at radius 3 is 2.20 bits per heavy atom. The van der Waals surface area contributed by atoms with Crippen LogP contribution in [0.1, 0.15) is 20.8 Å². The van der Waals surface area contributed by atoms with Gasteiger partial charge >= 0.3 is 0 Å². The van der Waals surface area contributed by atoms with Crippen molar-refractivity contribution in [3.8, 4) is 0 Å². The minimum absolute atomic E-state index is 0.309. The molecule has 0 aromatic carbocycles. The van der Waals surface area contributed by atoms with E-state index < -0.39 is 0 Å². The van der Waals surface area contributed by atoms with E-state index >= 15 is 0 Å². The van der Waals surface area contributed by atoms with Gasteiger partial charge in [-0.3, -0.25) is 4.31 Å². The lowest BCUT2D eigenvalue weighted by molar-refractivity contribution is 0.562. The number of hydrogen-bond acceptors (Lipinski definition) is 3. The van der Waals surface area contributed by atoms with Gasteiger partial charge in [-0.05, 0) is 27.8 Å². The molecule has 2 N–H and O–H groups in total. The first-order valence-corrected chi connectivity index (χ1v) is 4.33. The van der Waals surface area contributed by atoms with Crippen LogP contribution >= 0.6 is 11.9 Å². The van der Waals surface area contributed by atoms with E-state index in [2.05, 4.69) is 32.1 Å². The third-order valence-corrected chi connectivity index (χ3v) is 1.92. The Balaban J connectivity index is 3.47. The summed E-state index contributed by atoms with van der Waals surface area (Å²) in [4.78, 5) is 0. The zero-order chi connectivity index (χ0) is 8.20. The van der Waals surface area contributed by atoms with Crippen molar-refractivity contribution in [3.05, 3.63) is 0 Å². The highest BCUT2D eigenvalue weighted by atomic mass is 32.2. The Hall–Kier alpha value is 0.270. The smallest absolute Gasteiger partial charge is 0.0222 e. The second kappa shape index (κ2) is 4.21. The first kappa shape index (κ1) is 10.3. The second-order valence-corrected chi connectivity index (χ2v) is 5.37. The number of likely N-dealkylation sites (N-methyl/N-ethyl adjacent to an activating group) is 1. The second-order valence-electron chi connectivity index (χ2n) is 3.34. The van der Waals surface area contributed by atoms with Crippen molar-refractivity contribution < 1.29 is 0 Å². The molecular formula is C7H18N2S. The molecule has 0 saturated heterocycles. The van der Waals surface area contributed by atoms with Gasteiger partial charge in [-0.2, -0.15) is 0 Å². The molecule has 0 aromatic rings. The fourth-order valence-electron chi connectivity index (χ4n) is 0.695. The van der Waals surface area contributed by atoms with Gasteiger partial charge in [0.15, 0.2) is 0 Å². The molecule has 0 heterocycles. The Kier molecular flexibility index (Phi) is 4.32. The average Bonchev–Trinajstić information content (AvgIpc) is 1.59. The Morgan fingerprint density at radius 2 is 1.90 bits per heavy atom. The standard InChI is InChI=1S/C7H18N2S/c1-7(2,3)10-9(4)6-5-8/h5-6,8H2,1-4H3. The van der Waals surface area contributed by atoms with Gasteiger partial charge in [-0.25, -0.2) is 0 Å². The predicted octanol–water partition coefficient (Wildman–Crippen LogP) is 1.32. The van der Waals surface area contributed by atoms with Crippen LogP contribution in [0.4, 0.5) is 0 Å². The SMILES string of the molecule is CN(CCN)SC(C)(C)C. The molecule has 62 valence electrons. The molecule has 10 heavy (non-hydrogen) atoms. The summed E-state index contributed by atoms with van der Waals surface area (Å²) >= 11 is 1.83. The van der Waals surface area contributed by atoms with Crippen molar-refractivity contribution in [2.24, 2.45) is 5.73 Å². The van der Waals surface area contributed by atoms with E-state index in [1.54, 1.807) is 0 Å². The van der Waals surface area contributed by atoms with Crippen LogP contribution in [0.25, 0.3) is 0 Å². The first-order chi connectivity index (χ1) is 4.45. The van der Waals surface area contributed by atoms with Crippen molar-refractivity contribution in [1.29, 1.82) is 0 Å². The van der Waals surface area contributed by atoms with Gasteiger partial charge in [-0.1, -0.05) is 11.9 Å². The molecule has 0 radical (unpaired) electrons. The van der Waals surface area contributed by atoms with Crippen molar-refractivity contribution >= 4 is 11.9 Å². The highest BCUT2D eigenvalue weighted by Gasteiger charge is 2.13. The number of hydrogen-bond donors (Lipinski definition) is 1. The van der Waals surface area contributed by atoms with Crippen LogP contribution in [0.3, 0.4) is 0 Å². The molecule has 3 heteroatoms. The van der Waals surface area contributed by atoms with E-state index in [1.807, 2.05) is 11.9 Å². The van der Waals surface area contributed by atoms with E-state index in [-0.39, 0.29) is 0 Å². The predicted molar refractivity (Wildman–Crippen MR) is 49.0 cm³/mol. The van der Waals surface area contributed by atoms with Crippen molar-refractivity contribution in [2.45, 2.75) is 25.5 Å². The van der Waals surface area contributed by atoms with Crippen LogP contribution in [0.15, 0.2) is 0 Å². The van der Waals surface area contributed by atoms with Gasteiger partial charge in [0.1, 0.15) is 0 Å². The van der Waals surface area contributed by atoms with Gasteiger partial charge in [0.2, 0.25) is 0 Å². The monoisotopic (exact) mass is 162 g/mol. The number of nitrogens with zero attached hydrogens (tertiary/aromatic N) is 1. The summed E-state index contributed by atoms with van der Waals surface area (Å²) in [6.07, 6.45) is 0. The molecule has 0 bridgehead atoms. The van der Waals surface area contributed by atoms with Crippen molar-refractivity contribution in [1.82, 2.24) is 4.31 Å². The third-order valence-electron chi connectivity index (χ3n) is 0.874. The van der Waals surface area contributed by atoms with Crippen molar-refractivity contribution in [2.75, 3.05) is 20.1 Å². The maximum absolute atomic E-state index is 5.39. The Labute approximate surface area is 68.3 Å². The minimum Gasteiger partial charge on any atom is -0.329 e. The van der Waals surface area contributed by atoms with Crippen LogP contribution < -0.4 is 5.73 Å². The van der Waals surface area contributed by atoms with Crippen LogP contribution in [-0.2, 0) is 0 Å². The Morgan fingerprint density at radius 1 is 1.40 bits per heavy atom. The maximum atomic E-state index is 5.39. The van der Waals surface area contributed by atoms with E-state index in [1.165, 1.54) is 0 Å². The zero-order valence-electron chi connectivity index (χ0n) is 7.35. The summed E-state index contributed by atoms with van der Waals surface area (Å²) in [5.41, 5.74) is 5.39. The molecule has 0 aliphatic rings. The average molecular weight is 162 g/mol. The summed E-state index contributed by atoms with van der Waals surface area (Å²) in [6, 6.07) is 0. The van der Waals surface area contributed by atoms with Gasteiger partial charge in [0.05, 0.1) is 0 Å². The normalized spacial score (nSPS) is 12.6. The largest absolute Gasteiger partial charge is 0.329 e. The fourth-order valence-corrected chi connectivity index (χ4v) is 1.83. The topological polar surface area (TPSA) is 29.3 Å². The molecule has 0 fully saturated rings. The van der Waals surface area contributed by atoms with Gasteiger partial charge in [0, 0.05) is 17.8 Å². The summed E-state index contributed by atoms with van der Waals surface area (Å²) in [5.74, 6) is 0. The number of rotatable bonds is 3. The molecule has 0 aromatic heterocycles. The highest BCUT2D eigenvalue weighted by Crippen LogP contribution is 2.24. The molecule has 0 unspecified atom stereocenters. The van der Waals surface area contributed by atoms with Gasteiger partial charge < -0.3 is 5.73 Å². The third kappa shape index (κ3) is 6.39. The van der Waals surface area contributed by atoms with Gasteiger partial charge in [0.25, 0.3) is 0 Å². The molecular weight excluding hydrogens is 144 g/mol. The highest BCUT2D eigenvalue weighted by molar-refractivity contribution is 7.98.